The molecule has 0 spiro atoms. The number of ether oxygens (including phenoxy) is 2. The maximum absolute atomic E-state index is 12.3. The lowest BCUT2D eigenvalue weighted by Gasteiger charge is -2.28. The summed E-state index contributed by atoms with van der Waals surface area (Å²) in [4.78, 5) is 13.9. The van der Waals surface area contributed by atoms with E-state index in [1.165, 1.54) is 13.2 Å². The molecule has 2 N–H and O–H groups in total. The molecule has 1 aliphatic heterocycles. The summed E-state index contributed by atoms with van der Waals surface area (Å²) in [5.74, 6) is 0.156. The number of carbonyl (C=O) groups is 1. The highest BCUT2D eigenvalue weighted by atomic mass is 16.5. The van der Waals surface area contributed by atoms with Crippen molar-refractivity contribution in [2.75, 3.05) is 40.4 Å². The maximum atomic E-state index is 12.3. The van der Waals surface area contributed by atoms with Gasteiger partial charge in [0.15, 0.2) is 11.5 Å². The van der Waals surface area contributed by atoms with E-state index < -0.39 is 0 Å². The Hall–Kier alpha value is -1.79. The van der Waals surface area contributed by atoms with E-state index >= 15 is 0 Å². The van der Waals surface area contributed by atoms with Crippen molar-refractivity contribution in [1.82, 2.24) is 10.2 Å². The fourth-order valence-electron chi connectivity index (χ4n) is 2.17. The molecule has 6 heteroatoms. The number of hydrogen-bond acceptors (Lipinski definition) is 5. The molecule has 0 radical (unpaired) electrons. The van der Waals surface area contributed by atoms with Crippen LogP contribution in [0.4, 0.5) is 0 Å². The van der Waals surface area contributed by atoms with Gasteiger partial charge in [0.1, 0.15) is 0 Å². The Bertz CT molecular complexity index is 472. The van der Waals surface area contributed by atoms with Crippen LogP contribution >= 0.6 is 0 Å². The molecular formula is C14H20N2O4. The number of carbonyl (C=O) groups excluding carboxylic acids is 1. The Balaban J connectivity index is 2.00. The Labute approximate surface area is 118 Å². The Morgan fingerprint density at radius 1 is 1.60 bits per heavy atom. The van der Waals surface area contributed by atoms with E-state index in [1.807, 2.05) is 0 Å². The third-order valence-corrected chi connectivity index (χ3v) is 3.25. The number of phenolic OH excluding ortho intramolecular Hbond substituents is 1. The molecule has 1 aromatic carbocycles. The Kier molecular flexibility index (Phi) is 4.81. The standard InChI is InChI=1S/C14H20N2O4/c1-16(9-11-8-15-5-6-20-11)14(18)10-3-4-13(19-2)12(17)7-10/h3-4,7,11,15,17H,5-6,8-9H2,1-2H3. The predicted molar refractivity (Wildman–Crippen MR) is 74.2 cm³/mol. The van der Waals surface area contributed by atoms with Gasteiger partial charge in [-0.25, -0.2) is 0 Å². The minimum absolute atomic E-state index is 0.00421. The molecule has 1 aromatic rings. The molecule has 0 aliphatic carbocycles. The summed E-state index contributed by atoms with van der Waals surface area (Å²) in [6.07, 6.45) is 0.00421. The second kappa shape index (κ2) is 6.58. The number of phenols is 1. The van der Waals surface area contributed by atoms with Gasteiger partial charge < -0.3 is 24.8 Å². The van der Waals surface area contributed by atoms with Crippen LogP contribution in [-0.2, 0) is 4.74 Å². The number of nitrogens with zero attached hydrogens (tertiary/aromatic N) is 1. The van der Waals surface area contributed by atoms with Crippen molar-refractivity contribution >= 4 is 5.91 Å². The second-order valence-electron chi connectivity index (χ2n) is 4.77. The molecule has 1 saturated heterocycles. The smallest absolute Gasteiger partial charge is 0.253 e. The van der Waals surface area contributed by atoms with Crippen LogP contribution in [0.25, 0.3) is 0 Å². The fourth-order valence-corrected chi connectivity index (χ4v) is 2.17. The molecular weight excluding hydrogens is 260 g/mol. The van der Waals surface area contributed by atoms with Gasteiger partial charge in [0.2, 0.25) is 0 Å². The number of aromatic hydroxyl groups is 1. The van der Waals surface area contributed by atoms with Gasteiger partial charge in [-0.3, -0.25) is 4.79 Å². The molecule has 20 heavy (non-hydrogen) atoms. The zero-order chi connectivity index (χ0) is 14.5. The number of nitrogens with one attached hydrogen (secondary N) is 1. The number of morpholine rings is 1. The number of amides is 1. The van der Waals surface area contributed by atoms with E-state index in [4.69, 9.17) is 9.47 Å². The lowest BCUT2D eigenvalue weighted by molar-refractivity contribution is 0.0104. The van der Waals surface area contributed by atoms with Gasteiger partial charge in [-0.2, -0.15) is 0 Å². The first-order valence-corrected chi connectivity index (χ1v) is 6.56. The van der Waals surface area contributed by atoms with Crippen LogP contribution in [0.2, 0.25) is 0 Å². The normalized spacial score (nSPS) is 18.6. The van der Waals surface area contributed by atoms with Gasteiger partial charge in [-0.05, 0) is 18.2 Å². The molecule has 1 fully saturated rings. The SMILES string of the molecule is COc1ccc(C(=O)N(C)CC2CNCCO2)cc1O. The van der Waals surface area contributed by atoms with E-state index in [9.17, 15) is 9.90 Å². The molecule has 0 bridgehead atoms. The summed E-state index contributed by atoms with van der Waals surface area (Å²) in [5, 5.41) is 12.9. The lowest BCUT2D eigenvalue weighted by Crippen LogP contribution is -2.45. The van der Waals surface area contributed by atoms with Crippen LogP contribution < -0.4 is 10.1 Å². The maximum Gasteiger partial charge on any atom is 0.253 e. The van der Waals surface area contributed by atoms with E-state index in [-0.39, 0.29) is 17.8 Å². The lowest BCUT2D eigenvalue weighted by atomic mass is 10.1. The zero-order valence-corrected chi connectivity index (χ0v) is 11.8. The minimum Gasteiger partial charge on any atom is -0.504 e. The highest BCUT2D eigenvalue weighted by Gasteiger charge is 2.20. The third-order valence-electron chi connectivity index (χ3n) is 3.25. The van der Waals surface area contributed by atoms with E-state index in [2.05, 4.69) is 5.32 Å². The highest BCUT2D eigenvalue weighted by molar-refractivity contribution is 5.94. The molecule has 1 aliphatic rings. The number of rotatable bonds is 4. The van der Waals surface area contributed by atoms with Crippen molar-refractivity contribution in [2.24, 2.45) is 0 Å². The first-order valence-electron chi connectivity index (χ1n) is 6.56. The van der Waals surface area contributed by atoms with Crippen molar-refractivity contribution in [1.29, 1.82) is 0 Å². The van der Waals surface area contributed by atoms with E-state index in [1.54, 1.807) is 24.1 Å². The van der Waals surface area contributed by atoms with E-state index in [0.717, 1.165) is 13.1 Å². The number of hydrogen-bond donors (Lipinski definition) is 2. The van der Waals surface area contributed by atoms with Crippen molar-refractivity contribution in [3.8, 4) is 11.5 Å². The summed E-state index contributed by atoms with van der Waals surface area (Å²) in [6, 6.07) is 4.63. The predicted octanol–water partition coefficient (Wildman–Crippen LogP) is 0.461. The molecule has 1 atom stereocenters. The summed E-state index contributed by atoms with van der Waals surface area (Å²) in [5.41, 5.74) is 0.426. The summed E-state index contributed by atoms with van der Waals surface area (Å²) < 4.78 is 10.5. The minimum atomic E-state index is -0.155. The quantitative estimate of drug-likeness (QED) is 0.838. The van der Waals surface area contributed by atoms with Crippen LogP contribution in [0.5, 0.6) is 11.5 Å². The molecule has 110 valence electrons. The molecule has 1 amide bonds. The Morgan fingerprint density at radius 3 is 3.00 bits per heavy atom. The van der Waals surface area contributed by atoms with Crippen molar-refractivity contribution in [3.63, 3.8) is 0 Å². The van der Waals surface area contributed by atoms with E-state index in [0.29, 0.717) is 24.5 Å². The first-order chi connectivity index (χ1) is 9.61. The van der Waals surface area contributed by atoms with Gasteiger partial charge in [-0.1, -0.05) is 0 Å². The summed E-state index contributed by atoms with van der Waals surface area (Å²) in [6.45, 7) is 2.76. The largest absolute Gasteiger partial charge is 0.504 e. The number of benzene rings is 1. The summed E-state index contributed by atoms with van der Waals surface area (Å²) in [7, 11) is 3.19. The van der Waals surface area contributed by atoms with Crippen LogP contribution in [0.1, 0.15) is 10.4 Å². The van der Waals surface area contributed by atoms with Crippen LogP contribution in [0.3, 0.4) is 0 Å². The second-order valence-corrected chi connectivity index (χ2v) is 4.77. The monoisotopic (exact) mass is 280 g/mol. The molecule has 0 aromatic heterocycles. The van der Waals surface area contributed by atoms with Gasteiger partial charge in [0.25, 0.3) is 5.91 Å². The topological polar surface area (TPSA) is 71.0 Å². The average molecular weight is 280 g/mol. The van der Waals surface area contributed by atoms with Gasteiger partial charge in [0, 0.05) is 32.2 Å². The molecule has 1 unspecified atom stereocenters. The van der Waals surface area contributed by atoms with Crippen LogP contribution in [-0.4, -0.2) is 62.4 Å². The van der Waals surface area contributed by atoms with Crippen LogP contribution in [0.15, 0.2) is 18.2 Å². The van der Waals surface area contributed by atoms with Crippen molar-refractivity contribution in [3.05, 3.63) is 23.8 Å². The highest BCUT2D eigenvalue weighted by Crippen LogP contribution is 2.26. The average Bonchev–Trinajstić information content (AvgIpc) is 2.47. The molecule has 0 saturated carbocycles. The van der Waals surface area contributed by atoms with Crippen molar-refractivity contribution in [2.45, 2.75) is 6.10 Å². The number of likely N-dealkylation sites (N-methyl/N-ethyl adjacent to an activating group) is 1. The zero-order valence-electron chi connectivity index (χ0n) is 11.8. The Morgan fingerprint density at radius 2 is 2.40 bits per heavy atom. The van der Waals surface area contributed by atoms with Gasteiger partial charge in [-0.15, -0.1) is 0 Å². The molecule has 1 heterocycles. The van der Waals surface area contributed by atoms with Crippen LogP contribution in [0, 0.1) is 0 Å². The first kappa shape index (κ1) is 14.6. The fraction of sp³-hybridized carbons (Fsp3) is 0.500. The van der Waals surface area contributed by atoms with Gasteiger partial charge in [0.05, 0.1) is 19.8 Å². The van der Waals surface area contributed by atoms with Crippen molar-refractivity contribution < 1.29 is 19.4 Å². The third kappa shape index (κ3) is 3.40. The molecule has 6 nitrogen and oxygen atoms in total. The number of methoxy groups -OCH3 is 1. The summed E-state index contributed by atoms with van der Waals surface area (Å²) >= 11 is 0. The molecule has 2 rings (SSSR count). The van der Waals surface area contributed by atoms with Gasteiger partial charge >= 0.3 is 0 Å².